The lowest BCUT2D eigenvalue weighted by atomic mass is 10.2. The minimum Gasteiger partial charge on any atom is -0.496 e. The number of hydrogen-bond donors (Lipinski definition) is 2. The molecule has 0 spiro atoms. The van der Waals surface area contributed by atoms with Crippen LogP contribution < -0.4 is 15.8 Å². The molecule has 0 aliphatic rings. The molecule has 0 aliphatic carbocycles. The molecule has 0 fully saturated rings. The Bertz CT molecular complexity index is 380. The Morgan fingerprint density at radius 2 is 2.31 bits per heavy atom. The molecule has 0 heterocycles. The van der Waals surface area contributed by atoms with E-state index < -0.39 is 4.92 Å². The number of nitro groups is 1. The molecule has 3 N–H and O–H groups in total. The first-order chi connectivity index (χ1) is 7.54. The van der Waals surface area contributed by atoms with Gasteiger partial charge in [0.2, 0.25) is 0 Å². The van der Waals surface area contributed by atoms with Crippen molar-refractivity contribution in [2.75, 3.05) is 19.0 Å². The molecule has 0 aromatic heterocycles. The zero-order valence-corrected chi connectivity index (χ0v) is 9.27. The van der Waals surface area contributed by atoms with E-state index in [2.05, 4.69) is 5.32 Å². The topological polar surface area (TPSA) is 90.4 Å². The Balaban J connectivity index is 2.94. The summed E-state index contributed by atoms with van der Waals surface area (Å²) in [6, 6.07) is 4.58. The van der Waals surface area contributed by atoms with E-state index in [0.717, 1.165) is 0 Å². The molecule has 1 aromatic rings. The predicted octanol–water partition coefficient (Wildman–Crippen LogP) is 1.36. The Kier molecular flexibility index (Phi) is 4.07. The van der Waals surface area contributed by atoms with Crippen LogP contribution in [-0.2, 0) is 0 Å². The molecule has 0 bridgehead atoms. The van der Waals surface area contributed by atoms with Crippen LogP contribution in [0.5, 0.6) is 5.75 Å². The lowest BCUT2D eigenvalue weighted by Gasteiger charge is -2.10. The third-order valence-electron chi connectivity index (χ3n) is 2.02. The Hall–Kier alpha value is -1.82. The van der Waals surface area contributed by atoms with E-state index in [0.29, 0.717) is 18.0 Å². The van der Waals surface area contributed by atoms with Gasteiger partial charge in [-0.25, -0.2) is 0 Å². The molecule has 0 saturated heterocycles. The number of benzene rings is 1. The molecule has 1 rings (SSSR count). The molecule has 0 saturated carbocycles. The van der Waals surface area contributed by atoms with E-state index in [-0.39, 0.29) is 11.7 Å². The van der Waals surface area contributed by atoms with E-state index in [4.69, 9.17) is 10.5 Å². The number of rotatable bonds is 5. The van der Waals surface area contributed by atoms with Crippen LogP contribution in [0.15, 0.2) is 18.2 Å². The summed E-state index contributed by atoms with van der Waals surface area (Å²) in [5.74, 6) is 0.457. The highest BCUT2D eigenvalue weighted by Crippen LogP contribution is 2.28. The van der Waals surface area contributed by atoms with Gasteiger partial charge in [0.15, 0.2) is 0 Å². The van der Waals surface area contributed by atoms with Crippen molar-refractivity contribution >= 4 is 11.4 Å². The SMILES string of the molecule is COc1ccc(NCC(C)N)c([N+](=O)[O-])c1. The highest BCUT2D eigenvalue weighted by molar-refractivity contribution is 5.63. The third-order valence-corrected chi connectivity index (χ3v) is 2.02. The normalized spacial score (nSPS) is 11.9. The van der Waals surface area contributed by atoms with Crippen molar-refractivity contribution in [3.8, 4) is 5.75 Å². The second-order valence-corrected chi connectivity index (χ2v) is 3.50. The first-order valence-electron chi connectivity index (χ1n) is 4.86. The van der Waals surface area contributed by atoms with Crippen molar-refractivity contribution < 1.29 is 9.66 Å². The molecule has 6 nitrogen and oxygen atoms in total. The highest BCUT2D eigenvalue weighted by Gasteiger charge is 2.14. The molecule has 16 heavy (non-hydrogen) atoms. The standard InChI is InChI=1S/C10H15N3O3/c1-7(11)6-12-9-4-3-8(16-2)5-10(9)13(14)15/h3-5,7,12H,6,11H2,1-2H3. The predicted molar refractivity (Wildman–Crippen MR) is 61.8 cm³/mol. The first kappa shape index (κ1) is 12.3. The number of nitrogens with two attached hydrogens (primary N) is 1. The number of nitrogens with one attached hydrogen (secondary N) is 1. The van der Waals surface area contributed by atoms with Gasteiger partial charge in [-0.15, -0.1) is 0 Å². The summed E-state index contributed by atoms with van der Waals surface area (Å²) in [5.41, 5.74) is 6.00. The van der Waals surface area contributed by atoms with Crippen molar-refractivity contribution in [1.82, 2.24) is 0 Å². The van der Waals surface area contributed by atoms with Gasteiger partial charge in [-0.2, -0.15) is 0 Å². The number of nitrogens with zero attached hydrogens (tertiary/aromatic N) is 1. The Morgan fingerprint density at radius 1 is 1.62 bits per heavy atom. The summed E-state index contributed by atoms with van der Waals surface area (Å²) < 4.78 is 4.93. The number of anilines is 1. The van der Waals surface area contributed by atoms with Crippen LogP contribution >= 0.6 is 0 Å². The van der Waals surface area contributed by atoms with E-state index >= 15 is 0 Å². The maximum atomic E-state index is 10.8. The quantitative estimate of drug-likeness (QED) is 0.583. The molecule has 6 heteroatoms. The lowest BCUT2D eigenvalue weighted by molar-refractivity contribution is -0.384. The summed E-state index contributed by atoms with van der Waals surface area (Å²) in [5, 5.41) is 13.7. The molecule has 0 amide bonds. The minimum absolute atomic E-state index is 0.0139. The number of nitro benzene ring substituents is 1. The molecule has 0 radical (unpaired) electrons. The van der Waals surface area contributed by atoms with Gasteiger partial charge in [-0.1, -0.05) is 0 Å². The van der Waals surface area contributed by atoms with E-state index in [1.165, 1.54) is 13.2 Å². The molecule has 1 atom stereocenters. The van der Waals surface area contributed by atoms with Gasteiger partial charge < -0.3 is 15.8 Å². The van der Waals surface area contributed by atoms with Crippen molar-refractivity contribution in [3.05, 3.63) is 28.3 Å². The monoisotopic (exact) mass is 225 g/mol. The fourth-order valence-electron chi connectivity index (χ4n) is 1.21. The highest BCUT2D eigenvalue weighted by atomic mass is 16.6. The largest absolute Gasteiger partial charge is 0.496 e. The fraction of sp³-hybridized carbons (Fsp3) is 0.400. The maximum absolute atomic E-state index is 10.8. The second-order valence-electron chi connectivity index (χ2n) is 3.50. The van der Waals surface area contributed by atoms with Crippen molar-refractivity contribution in [2.24, 2.45) is 5.73 Å². The van der Waals surface area contributed by atoms with Gasteiger partial charge in [0, 0.05) is 12.6 Å². The Morgan fingerprint density at radius 3 is 2.81 bits per heavy atom. The van der Waals surface area contributed by atoms with Gasteiger partial charge in [0.1, 0.15) is 11.4 Å². The van der Waals surface area contributed by atoms with Crippen LogP contribution in [0.3, 0.4) is 0 Å². The first-order valence-corrected chi connectivity index (χ1v) is 4.86. The summed E-state index contributed by atoms with van der Waals surface area (Å²) >= 11 is 0. The van der Waals surface area contributed by atoms with Crippen LogP contribution in [0, 0.1) is 10.1 Å². The third kappa shape index (κ3) is 3.09. The molecule has 88 valence electrons. The van der Waals surface area contributed by atoms with E-state index in [1.807, 2.05) is 6.92 Å². The molecular weight excluding hydrogens is 210 g/mol. The zero-order chi connectivity index (χ0) is 12.1. The van der Waals surface area contributed by atoms with Gasteiger partial charge in [-0.3, -0.25) is 10.1 Å². The van der Waals surface area contributed by atoms with Crippen molar-refractivity contribution in [1.29, 1.82) is 0 Å². The summed E-state index contributed by atoms with van der Waals surface area (Å²) in [6.45, 7) is 2.30. The summed E-state index contributed by atoms with van der Waals surface area (Å²) in [4.78, 5) is 10.4. The van der Waals surface area contributed by atoms with Crippen LogP contribution in [-0.4, -0.2) is 24.6 Å². The second kappa shape index (κ2) is 5.32. The van der Waals surface area contributed by atoms with Crippen LogP contribution in [0.4, 0.5) is 11.4 Å². The number of hydrogen-bond acceptors (Lipinski definition) is 5. The minimum atomic E-state index is -0.452. The van der Waals surface area contributed by atoms with Crippen LogP contribution in [0.2, 0.25) is 0 Å². The summed E-state index contributed by atoms with van der Waals surface area (Å²) in [7, 11) is 1.47. The van der Waals surface area contributed by atoms with Gasteiger partial charge in [0.25, 0.3) is 5.69 Å². The molecule has 0 aliphatic heterocycles. The van der Waals surface area contributed by atoms with E-state index in [9.17, 15) is 10.1 Å². The average Bonchev–Trinajstić information content (AvgIpc) is 2.25. The Labute approximate surface area is 93.5 Å². The zero-order valence-electron chi connectivity index (χ0n) is 9.27. The lowest BCUT2D eigenvalue weighted by Crippen LogP contribution is -2.25. The van der Waals surface area contributed by atoms with Gasteiger partial charge in [0.05, 0.1) is 18.1 Å². The van der Waals surface area contributed by atoms with E-state index in [1.54, 1.807) is 12.1 Å². The molecule has 1 unspecified atom stereocenters. The number of methoxy groups -OCH3 is 1. The van der Waals surface area contributed by atoms with Gasteiger partial charge >= 0.3 is 0 Å². The smallest absolute Gasteiger partial charge is 0.296 e. The summed E-state index contributed by atoms with van der Waals surface area (Å²) in [6.07, 6.45) is 0. The number of ether oxygens (including phenoxy) is 1. The van der Waals surface area contributed by atoms with Crippen molar-refractivity contribution in [2.45, 2.75) is 13.0 Å². The molecular formula is C10H15N3O3. The van der Waals surface area contributed by atoms with Crippen LogP contribution in [0.1, 0.15) is 6.92 Å². The average molecular weight is 225 g/mol. The van der Waals surface area contributed by atoms with Crippen LogP contribution in [0.25, 0.3) is 0 Å². The fourth-order valence-corrected chi connectivity index (χ4v) is 1.21. The van der Waals surface area contributed by atoms with Crippen molar-refractivity contribution in [3.63, 3.8) is 0 Å². The molecule has 1 aromatic carbocycles. The maximum Gasteiger partial charge on any atom is 0.296 e. The van der Waals surface area contributed by atoms with Gasteiger partial charge in [-0.05, 0) is 19.1 Å².